The van der Waals surface area contributed by atoms with E-state index in [2.05, 4.69) is 12.2 Å². The smallest absolute Gasteiger partial charge is 0.120 e. The van der Waals surface area contributed by atoms with Gasteiger partial charge >= 0.3 is 0 Å². The zero-order chi connectivity index (χ0) is 10.7. The van der Waals surface area contributed by atoms with Gasteiger partial charge in [0.05, 0.1) is 18.8 Å². The Hall–Kier alpha value is -1.48. The molecule has 15 heavy (non-hydrogen) atoms. The zero-order valence-electron chi connectivity index (χ0n) is 8.99. The summed E-state index contributed by atoms with van der Waals surface area (Å²) in [4.78, 5) is 0. The Labute approximate surface area is 89.1 Å². The molecule has 1 N–H and O–H groups in total. The van der Waals surface area contributed by atoms with Gasteiger partial charge in [0.2, 0.25) is 0 Å². The van der Waals surface area contributed by atoms with Crippen LogP contribution < -0.4 is 5.32 Å². The second kappa shape index (κ2) is 4.36. The Bertz CT molecular complexity index is 403. The minimum absolute atomic E-state index is 0.198. The Balaban J connectivity index is 1.90. The Morgan fingerprint density at radius 3 is 2.80 bits per heavy atom. The molecule has 3 heteroatoms. The monoisotopic (exact) mass is 205 g/mol. The molecule has 80 valence electrons. The highest BCUT2D eigenvalue weighted by atomic mass is 16.3. The third-order valence-electron chi connectivity index (χ3n) is 2.35. The molecule has 2 aromatic rings. The lowest BCUT2D eigenvalue weighted by Crippen LogP contribution is -2.17. The fourth-order valence-electron chi connectivity index (χ4n) is 1.45. The van der Waals surface area contributed by atoms with Crippen LogP contribution >= 0.6 is 0 Å². The summed E-state index contributed by atoms with van der Waals surface area (Å²) in [5.74, 6) is 2.83. The van der Waals surface area contributed by atoms with Gasteiger partial charge in [-0.15, -0.1) is 0 Å². The van der Waals surface area contributed by atoms with Gasteiger partial charge in [-0.2, -0.15) is 0 Å². The third-order valence-corrected chi connectivity index (χ3v) is 2.35. The average Bonchev–Trinajstić information content (AvgIpc) is 2.84. The molecule has 0 saturated carbocycles. The van der Waals surface area contributed by atoms with Crippen molar-refractivity contribution in [1.82, 2.24) is 5.32 Å². The summed E-state index contributed by atoms with van der Waals surface area (Å²) >= 11 is 0. The van der Waals surface area contributed by atoms with Crippen molar-refractivity contribution in [3.8, 4) is 0 Å². The molecule has 0 spiro atoms. The van der Waals surface area contributed by atoms with Crippen molar-refractivity contribution in [2.45, 2.75) is 26.4 Å². The molecule has 0 radical (unpaired) electrons. The summed E-state index contributed by atoms with van der Waals surface area (Å²) in [5.41, 5.74) is 0. The van der Waals surface area contributed by atoms with E-state index in [0.717, 1.165) is 17.3 Å². The van der Waals surface area contributed by atoms with Gasteiger partial charge < -0.3 is 14.2 Å². The van der Waals surface area contributed by atoms with E-state index in [1.165, 1.54) is 0 Å². The highest BCUT2D eigenvalue weighted by Gasteiger charge is 2.08. The van der Waals surface area contributed by atoms with Crippen molar-refractivity contribution in [3.05, 3.63) is 47.8 Å². The van der Waals surface area contributed by atoms with Crippen LogP contribution in [-0.2, 0) is 6.54 Å². The Kier molecular flexibility index (Phi) is 2.92. The van der Waals surface area contributed by atoms with E-state index in [-0.39, 0.29) is 6.04 Å². The van der Waals surface area contributed by atoms with E-state index in [1.807, 2.05) is 31.2 Å². The van der Waals surface area contributed by atoms with Crippen LogP contribution in [0, 0.1) is 6.92 Å². The maximum absolute atomic E-state index is 5.52. The fourth-order valence-corrected chi connectivity index (χ4v) is 1.45. The predicted molar refractivity (Wildman–Crippen MR) is 57.4 cm³/mol. The van der Waals surface area contributed by atoms with E-state index >= 15 is 0 Å². The molecule has 0 bridgehead atoms. The summed E-state index contributed by atoms with van der Waals surface area (Å²) in [7, 11) is 0. The van der Waals surface area contributed by atoms with Gasteiger partial charge in [-0.05, 0) is 38.1 Å². The summed E-state index contributed by atoms with van der Waals surface area (Å²) < 4.78 is 10.8. The first-order valence-electron chi connectivity index (χ1n) is 5.08. The van der Waals surface area contributed by atoms with Gasteiger partial charge in [-0.1, -0.05) is 0 Å². The number of furan rings is 2. The van der Waals surface area contributed by atoms with Gasteiger partial charge in [0.1, 0.15) is 17.3 Å². The number of rotatable bonds is 4. The first-order valence-corrected chi connectivity index (χ1v) is 5.08. The van der Waals surface area contributed by atoms with Crippen molar-refractivity contribution < 1.29 is 8.83 Å². The van der Waals surface area contributed by atoms with Crippen LogP contribution in [0.1, 0.15) is 30.2 Å². The topological polar surface area (TPSA) is 38.3 Å². The molecule has 1 atom stereocenters. The molecule has 0 amide bonds. The minimum atomic E-state index is 0.198. The fraction of sp³-hybridized carbons (Fsp3) is 0.333. The number of hydrogen-bond donors (Lipinski definition) is 1. The summed E-state index contributed by atoms with van der Waals surface area (Å²) in [6, 6.07) is 8.00. The molecule has 0 aromatic carbocycles. The molecule has 0 aliphatic rings. The quantitative estimate of drug-likeness (QED) is 0.833. The highest BCUT2D eigenvalue weighted by Crippen LogP contribution is 2.16. The molecular weight excluding hydrogens is 190 g/mol. The van der Waals surface area contributed by atoms with Gasteiger partial charge in [0.15, 0.2) is 0 Å². The normalized spacial score (nSPS) is 12.9. The summed E-state index contributed by atoms with van der Waals surface area (Å²) in [6.07, 6.45) is 1.68. The van der Waals surface area contributed by atoms with E-state index in [0.29, 0.717) is 6.54 Å². The Morgan fingerprint density at radius 1 is 1.33 bits per heavy atom. The highest BCUT2D eigenvalue weighted by molar-refractivity contribution is 5.09. The first kappa shape index (κ1) is 10.1. The second-order valence-electron chi connectivity index (χ2n) is 3.63. The van der Waals surface area contributed by atoms with Crippen LogP contribution in [0.2, 0.25) is 0 Å². The van der Waals surface area contributed by atoms with Crippen LogP contribution in [0.15, 0.2) is 39.4 Å². The van der Waals surface area contributed by atoms with Crippen molar-refractivity contribution in [2.75, 3.05) is 0 Å². The molecule has 0 fully saturated rings. The Morgan fingerprint density at radius 2 is 2.20 bits per heavy atom. The molecule has 0 aliphatic heterocycles. The SMILES string of the molecule is Cc1ccc([C@@H](C)NCc2ccco2)o1. The molecule has 2 aromatic heterocycles. The summed E-state index contributed by atoms with van der Waals surface area (Å²) in [5, 5.41) is 3.33. The molecule has 3 nitrogen and oxygen atoms in total. The minimum Gasteiger partial charge on any atom is -0.468 e. The van der Waals surface area contributed by atoms with E-state index in [1.54, 1.807) is 6.26 Å². The number of nitrogens with one attached hydrogen (secondary N) is 1. The molecule has 2 rings (SSSR count). The lowest BCUT2D eigenvalue weighted by atomic mass is 10.2. The lowest BCUT2D eigenvalue weighted by Gasteiger charge is -2.09. The lowest BCUT2D eigenvalue weighted by molar-refractivity contribution is 0.397. The van der Waals surface area contributed by atoms with Crippen LogP contribution in [-0.4, -0.2) is 0 Å². The summed E-state index contributed by atoms with van der Waals surface area (Å²) in [6.45, 7) is 4.73. The standard InChI is InChI=1S/C12H15NO2/c1-9-5-6-12(15-9)10(2)13-8-11-4-3-7-14-11/h3-7,10,13H,8H2,1-2H3/t10-/m1/s1. The molecule has 2 heterocycles. The van der Waals surface area contributed by atoms with Gasteiger partial charge in [0, 0.05) is 0 Å². The van der Waals surface area contributed by atoms with Crippen LogP contribution in [0.25, 0.3) is 0 Å². The van der Waals surface area contributed by atoms with Gasteiger partial charge in [-0.3, -0.25) is 0 Å². The van der Waals surface area contributed by atoms with E-state index < -0.39 is 0 Å². The van der Waals surface area contributed by atoms with Gasteiger partial charge in [0.25, 0.3) is 0 Å². The van der Waals surface area contributed by atoms with Crippen LogP contribution in [0.4, 0.5) is 0 Å². The molecule has 0 saturated heterocycles. The van der Waals surface area contributed by atoms with Gasteiger partial charge in [-0.25, -0.2) is 0 Å². The van der Waals surface area contributed by atoms with Crippen molar-refractivity contribution in [2.24, 2.45) is 0 Å². The second-order valence-corrected chi connectivity index (χ2v) is 3.63. The van der Waals surface area contributed by atoms with Crippen molar-refractivity contribution >= 4 is 0 Å². The molecular formula is C12H15NO2. The van der Waals surface area contributed by atoms with Crippen molar-refractivity contribution in [1.29, 1.82) is 0 Å². The van der Waals surface area contributed by atoms with Crippen LogP contribution in [0.5, 0.6) is 0 Å². The first-order chi connectivity index (χ1) is 7.25. The largest absolute Gasteiger partial charge is 0.468 e. The molecule has 0 unspecified atom stereocenters. The number of hydrogen-bond acceptors (Lipinski definition) is 3. The maximum Gasteiger partial charge on any atom is 0.120 e. The van der Waals surface area contributed by atoms with Crippen LogP contribution in [0.3, 0.4) is 0 Å². The number of aryl methyl sites for hydroxylation is 1. The third kappa shape index (κ3) is 2.50. The zero-order valence-corrected chi connectivity index (χ0v) is 8.99. The molecule has 0 aliphatic carbocycles. The van der Waals surface area contributed by atoms with E-state index in [4.69, 9.17) is 8.83 Å². The maximum atomic E-state index is 5.52. The van der Waals surface area contributed by atoms with Crippen molar-refractivity contribution in [3.63, 3.8) is 0 Å². The average molecular weight is 205 g/mol. The predicted octanol–water partition coefficient (Wildman–Crippen LogP) is 3.03. The van der Waals surface area contributed by atoms with E-state index in [9.17, 15) is 0 Å².